The van der Waals surface area contributed by atoms with Crippen LogP contribution in [0.15, 0.2) is 48.7 Å². The highest BCUT2D eigenvalue weighted by atomic mass is 35.5. The molecule has 1 aliphatic rings. The minimum Gasteiger partial charge on any atom is -0.467 e. The number of methoxy groups -OCH3 is 1. The fraction of sp³-hybridized carbons (Fsp3) is 0.355. The van der Waals surface area contributed by atoms with Crippen LogP contribution in [0.2, 0.25) is 5.02 Å². The monoisotopic (exact) mass is 610 g/mol. The van der Waals surface area contributed by atoms with Crippen molar-refractivity contribution in [2.75, 3.05) is 64.4 Å². The number of amides is 1. The van der Waals surface area contributed by atoms with Gasteiger partial charge in [0.05, 0.1) is 24.1 Å². The number of halogens is 3. The number of piperazine rings is 1. The van der Waals surface area contributed by atoms with Gasteiger partial charge in [0.15, 0.2) is 5.82 Å². The van der Waals surface area contributed by atoms with Crippen molar-refractivity contribution in [3.8, 4) is 17.3 Å². The van der Waals surface area contributed by atoms with E-state index in [1.165, 1.54) is 19.4 Å². The quantitative estimate of drug-likeness (QED) is 0.258. The summed E-state index contributed by atoms with van der Waals surface area (Å²) in [6.07, 6.45) is 5.87. The molecule has 0 saturated carbocycles. The molecule has 0 aliphatic carbocycles. The van der Waals surface area contributed by atoms with E-state index < -0.39 is 11.6 Å². The molecule has 1 aliphatic heterocycles. The predicted molar refractivity (Wildman–Crippen MR) is 164 cm³/mol. The number of benzene rings is 2. The number of carbonyl (C=O) groups is 1. The highest BCUT2D eigenvalue weighted by Crippen LogP contribution is 2.38. The third-order valence-corrected chi connectivity index (χ3v) is 7.86. The lowest BCUT2D eigenvalue weighted by molar-refractivity contribution is -0.126. The first-order valence-electron chi connectivity index (χ1n) is 14.2. The molecule has 0 radical (unpaired) electrons. The summed E-state index contributed by atoms with van der Waals surface area (Å²) in [5.74, 6) is -0.955. The molecule has 2 aromatic heterocycles. The van der Waals surface area contributed by atoms with Crippen molar-refractivity contribution in [2.24, 2.45) is 0 Å². The van der Waals surface area contributed by atoms with Crippen molar-refractivity contribution in [2.45, 2.75) is 13.3 Å². The smallest absolute Gasteiger partial charge is 0.318 e. The summed E-state index contributed by atoms with van der Waals surface area (Å²) in [5.41, 5.74) is 0.336. The van der Waals surface area contributed by atoms with Crippen molar-refractivity contribution >= 4 is 45.0 Å². The molecule has 1 saturated heterocycles. The minimum atomic E-state index is -0.704. The summed E-state index contributed by atoms with van der Waals surface area (Å²) in [6, 6.07) is 7.98. The minimum absolute atomic E-state index is 0.0114. The largest absolute Gasteiger partial charge is 0.467 e. The number of rotatable bonds is 10. The Kier molecular flexibility index (Phi) is 9.64. The average molecular weight is 611 g/mol. The fourth-order valence-electron chi connectivity index (χ4n) is 5.35. The van der Waals surface area contributed by atoms with Crippen LogP contribution in [-0.2, 0) is 4.79 Å². The number of aliphatic hydroxyl groups excluding tert-OH is 1. The zero-order chi connectivity index (χ0) is 30.5. The Morgan fingerprint density at radius 1 is 1.14 bits per heavy atom. The molecule has 3 heterocycles. The number of nitrogens with zero attached hydrogens (tertiary/aromatic N) is 6. The van der Waals surface area contributed by atoms with Gasteiger partial charge in [0.2, 0.25) is 5.91 Å². The van der Waals surface area contributed by atoms with Gasteiger partial charge in [0.25, 0.3) is 0 Å². The number of anilines is 1. The fourth-order valence-corrected chi connectivity index (χ4v) is 5.62. The Bertz CT molecular complexity index is 1660. The zero-order valence-corrected chi connectivity index (χ0v) is 24.8. The van der Waals surface area contributed by atoms with Gasteiger partial charge in [0.1, 0.15) is 22.8 Å². The standard InChI is InChI=1S/C31H33ClF2N6O3/c1-3-11-38(17-18-41)12-5-8-24(42)39-13-15-40(16-14-39)30-22-19-35-28(27(34)29(22)36-31(37-30)43-2)21-7-4-6-20-9-10-23(33)26(32)25(20)21/h4-10,19,41H,3,11-18H2,1-2H3/b8-5+. The van der Waals surface area contributed by atoms with E-state index in [1.54, 1.807) is 35.2 Å². The van der Waals surface area contributed by atoms with Gasteiger partial charge in [-0.1, -0.05) is 48.9 Å². The molecule has 1 fully saturated rings. The van der Waals surface area contributed by atoms with Crippen LogP contribution in [0.4, 0.5) is 14.6 Å². The van der Waals surface area contributed by atoms with Gasteiger partial charge >= 0.3 is 6.01 Å². The van der Waals surface area contributed by atoms with E-state index in [9.17, 15) is 14.3 Å². The Hall–Kier alpha value is -3.93. The van der Waals surface area contributed by atoms with E-state index in [0.717, 1.165) is 13.0 Å². The Labute approximate surface area is 253 Å². The van der Waals surface area contributed by atoms with Gasteiger partial charge in [-0.25, -0.2) is 8.78 Å². The van der Waals surface area contributed by atoms with Gasteiger partial charge in [-0.2, -0.15) is 9.97 Å². The molecule has 0 bridgehead atoms. The average Bonchev–Trinajstić information content (AvgIpc) is 3.02. The van der Waals surface area contributed by atoms with Gasteiger partial charge < -0.3 is 19.6 Å². The van der Waals surface area contributed by atoms with Crippen molar-refractivity contribution in [1.29, 1.82) is 0 Å². The summed E-state index contributed by atoms with van der Waals surface area (Å²) in [7, 11) is 1.41. The van der Waals surface area contributed by atoms with E-state index >= 15 is 4.39 Å². The second-order valence-corrected chi connectivity index (χ2v) is 10.6. The van der Waals surface area contributed by atoms with E-state index in [-0.39, 0.29) is 34.8 Å². The molecular weight excluding hydrogens is 578 g/mol. The van der Waals surface area contributed by atoms with Crippen LogP contribution in [0, 0.1) is 11.6 Å². The van der Waals surface area contributed by atoms with E-state index in [2.05, 4.69) is 26.8 Å². The Balaban J connectivity index is 1.40. The van der Waals surface area contributed by atoms with Gasteiger partial charge in [-0.3, -0.25) is 14.7 Å². The van der Waals surface area contributed by atoms with Crippen LogP contribution >= 0.6 is 11.6 Å². The molecule has 5 rings (SSSR count). The highest BCUT2D eigenvalue weighted by molar-refractivity contribution is 6.36. The first-order chi connectivity index (χ1) is 20.9. The number of aromatic nitrogens is 3. The maximum atomic E-state index is 16.2. The number of hydrogen-bond donors (Lipinski definition) is 1. The van der Waals surface area contributed by atoms with Crippen LogP contribution < -0.4 is 9.64 Å². The normalized spacial score (nSPS) is 14.0. The van der Waals surface area contributed by atoms with Crippen LogP contribution in [-0.4, -0.2) is 95.3 Å². The molecule has 12 heteroatoms. The number of ether oxygens (including phenoxy) is 1. The summed E-state index contributed by atoms with van der Waals surface area (Å²) < 4.78 is 35.8. The lowest BCUT2D eigenvalue weighted by Gasteiger charge is -2.35. The molecule has 226 valence electrons. The second-order valence-electron chi connectivity index (χ2n) is 10.2. The maximum Gasteiger partial charge on any atom is 0.318 e. The number of aliphatic hydroxyl groups is 1. The Morgan fingerprint density at radius 2 is 1.93 bits per heavy atom. The topological polar surface area (TPSA) is 94.9 Å². The summed E-state index contributed by atoms with van der Waals surface area (Å²) >= 11 is 6.31. The first-order valence-corrected chi connectivity index (χ1v) is 14.5. The summed E-state index contributed by atoms with van der Waals surface area (Å²) in [6.45, 7) is 5.96. The molecule has 2 aromatic carbocycles. The third-order valence-electron chi connectivity index (χ3n) is 7.49. The Morgan fingerprint density at radius 3 is 2.65 bits per heavy atom. The van der Waals surface area contributed by atoms with Crippen molar-refractivity contribution in [3.63, 3.8) is 0 Å². The molecule has 1 amide bonds. The lowest BCUT2D eigenvalue weighted by atomic mass is 10.0. The van der Waals surface area contributed by atoms with Crippen LogP contribution in [0.25, 0.3) is 32.9 Å². The van der Waals surface area contributed by atoms with Gasteiger partial charge in [-0.05, 0) is 24.4 Å². The maximum absolute atomic E-state index is 16.2. The van der Waals surface area contributed by atoms with Gasteiger partial charge in [-0.15, -0.1) is 0 Å². The van der Waals surface area contributed by atoms with Crippen molar-refractivity contribution in [3.05, 3.63) is 65.3 Å². The molecule has 9 nitrogen and oxygen atoms in total. The van der Waals surface area contributed by atoms with Gasteiger partial charge in [0, 0.05) is 62.5 Å². The number of pyridine rings is 1. The molecular formula is C31H33ClF2N6O3. The van der Waals surface area contributed by atoms with E-state index in [0.29, 0.717) is 66.8 Å². The van der Waals surface area contributed by atoms with Crippen LogP contribution in [0.5, 0.6) is 6.01 Å². The molecule has 0 spiro atoms. The first kappa shape index (κ1) is 30.5. The third kappa shape index (κ3) is 6.39. The molecule has 4 aromatic rings. The summed E-state index contributed by atoms with van der Waals surface area (Å²) in [5, 5.41) is 10.5. The molecule has 1 N–H and O–H groups in total. The number of carbonyl (C=O) groups excluding carboxylic acids is 1. The van der Waals surface area contributed by atoms with E-state index in [1.807, 2.05) is 11.0 Å². The van der Waals surface area contributed by atoms with Crippen LogP contribution in [0.3, 0.4) is 0 Å². The lowest BCUT2D eigenvalue weighted by Crippen LogP contribution is -2.48. The molecule has 0 atom stereocenters. The molecule has 43 heavy (non-hydrogen) atoms. The number of fused-ring (bicyclic) bond motifs is 2. The van der Waals surface area contributed by atoms with E-state index in [4.69, 9.17) is 16.3 Å². The zero-order valence-electron chi connectivity index (χ0n) is 24.1. The molecule has 0 unspecified atom stereocenters. The number of hydrogen-bond acceptors (Lipinski definition) is 8. The SMILES string of the molecule is CCCN(C/C=C/C(=O)N1CCN(c2nc(OC)nc3c(F)c(-c4cccc5ccc(F)c(Cl)c45)ncc23)CC1)CCO. The second kappa shape index (κ2) is 13.6. The summed E-state index contributed by atoms with van der Waals surface area (Å²) in [4.78, 5) is 31.8. The highest BCUT2D eigenvalue weighted by Gasteiger charge is 2.26. The predicted octanol–water partition coefficient (Wildman–Crippen LogP) is 4.69. The van der Waals surface area contributed by atoms with Crippen molar-refractivity contribution in [1.82, 2.24) is 24.8 Å². The van der Waals surface area contributed by atoms with Crippen molar-refractivity contribution < 1.29 is 23.4 Å². The van der Waals surface area contributed by atoms with Crippen LogP contribution in [0.1, 0.15) is 13.3 Å².